The Morgan fingerprint density at radius 1 is 1.07 bits per heavy atom. The van der Waals surface area contributed by atoms with Gasteiger partial charge in [-0.2, -0.15) is 0 Å². The van der Waals surface area contributed by atoms with Gasteiger partial charge >= 0.3 is 12.0 Å². The number of ether oxygens (including phenoxy) is 1. The van der Waals surface area contributed by atoms with Crippen LogP contribution in [0.1, 0.15) is 22.0 Å². The molecule has 1 unspecified atom stereocenters. The lowest BCUT2D eigenvalue weighted by Crippen LogP contribution is -2.41. The van der Waals surface area contributed by atoms with Gasteiger partial charge in [0.1, 0.15) is 0 Å². The zero-order chi connectivity index (χ0) is 20.9. The Labute approximate surface area is 166 Å². The average molecular weight is 425 g/mol. The maximum Gasteiger partial charge on any atom is 0.340 e. The van der Waals surface area contributed by atoms with Crippen molar-refractivity contribution in [2.75, 3.05) is 13.3 Å². The lowest BCUT2D eigenvalue weighted by Gasteiger charge is -2.18. The summed E-state index contributed by atoms with van der Waals surface area (Å²) in [5, 5.41) is 4.22. The number of benzene rings is 2. The second-order valence-electron chi connectivity index (χ2n) is 5.68. The monoisotopic (exact) mass is 424 g/mol. The van der Waals surface area contributed by atoms with Gasteiger partial charge in [0, 0.05) is 18.9 Å². The van der Waals surface area contributed by atoms with E-state index in [2.05, 4.69) is 5.32 Å². The van der Waals surface area contributed by atoms with Crippen molar-refractivity contribution in [3.63, 3.8) is 0 Å². The van der Waals surface area contributed by atoms with Crippen LogP contribution in [-0.4, -0.2) is 39.6 Å². The van der Waals surface area contributed by atoms with E-state index >= 15 is 0 Å². The number of carbonyl (C=O) groups is 3. The highest BCUT2D eigenvalue weighted by Gasteiger charge is 2.28. The third-order valence-electron chi connectivity index (χ3n) is 3.62. The summed E-state index contributed by atoms with van der Waals surface area (Å²) in [6, 6.07) is 10.8. The van der Waals surface area contributed by atoms with Gasteiger partial charge in [-0.1, -0.05) is 41.9 Å². The molecule has 0 saturated heterocycles. The summed E-state index contributed by atoms with van der Waals surface area (Å²) < 4.78 is 28.7. The van der Waals surface area contributed by atoms with Gasteiger partial charge in [0.25, 0.3) is 5.91 Å². The van der Waals surface area contributed by atoms with E-state index in [4.69, 9.17) is 16.3 Å². The number of rotatable bonds is 5. The number of halogens is 1. The largest absolute Gasteiger partial charge is 0.444 e. The first-order chi connectivity index (χ1) is 13.1. The van der Waals surface area contributed by atoms with Crippen LogP contribution < -0.4 is 10.6 Å². The molecule has 0 aliphatic heterocycles. The van der Waals surface area contributed by atoms with Gasteiger partial charge in [0.05, 0.1) is 15.5 Å². The number of esters is 1. The Bertz CT molecular complexity index is 1010. The topological polar surface area (TPSA) is 119 Å². The Morgan fingerprint density at radius 3 is 2.29 bits per heavy atom. The van der Waals surface area contributed by atoms with Crippen molar-refractivity contribution in [1.82, 2.24) is 10.6 Å². The molecule has 3 amide bonds. The molecule has 2 N–H and O–H groups in total. The zero-order valence-electron chi connectivity index (χ0n) is 14.9. The molecule has 0 aliphatic carbocycles. The fraction of sp³-hybridized carbons (Fsp3) is 0.167. The van der Waals surface area contributed by atoms with Gasteiger partial charge in [0.2, 0.25) is 6.10 Å². The number of carbonyl (C=O) groups excluding carboxylic acids is 3. The van der Waals surface area contributed by atoms with Gasteiger partial charge in [-0.3, -0.25) is 10.1 Å². The Kier molecular flexibility index (Phi) is 6.76. The number of urea groups is 1. The Morgan fingerprint density at radius 2 is 1.71 bits per heavy atom. The first-order valence-electron chi connectivity index (χ1n) is 7.91. The van der Waals surface area contributed by atoms with Crippen LogP contribution >= 0.6 is 11.6 Å². The zero-order valence-corrected chi connectivity index (χ0v) is 16.5. The molecule has 28 heavy (non-hydrogen) atoms. The molecule has 148 valence electrons. The first kappa shape index (κ1) is 21.4. The van der Waals surface area contributed by atoms with E-state index in [0.29, 0.717) is 5.56 Å². The van der Waals surface area contributed by atoms with Gasteiger partial charge in [-0.05, 0) is 18.2 Å². The molecule has 1 atom stereocenters. The molecule has 0 radical (unpaired) electrons. The van der Waals surface area contributed by atoms with Gasteiger partial charge in [0.15, 0.2) is 9.84 Å². The van der Waals surface area contributed by atoms with E-state index in [1.54, 1.807) is 18.2 Å². The highest BCUT2D eigenvalue weighted by atomic mass is 35.5. The molecule has 0 bridgehead atoms. The Hall–Kier alpha value is -2.91. The molecule has 10 heteroatoms. The molecule has 2 rings (SSSR count). The van der Waals surface area contributed by atoms with Crippen LogP contribution in [0.5, 0.6) is 0 Å². The highest BCUT2D eigenvalue weighted by Crippen LogP contribution is 2.25. The van der Waals surface area contributed by atoms with Crippen LogP contribution in [-0.2, 0) is 19.4 Å². The van der Waals surface area contributed by atoms with Crippen LogP contribution in [0.25, 0.3) is 0 Å². The minimum absolute atomic E-state index is 0.0454. The van der Waals surface area contributed by atoms with Gasteiger partial charge in [-0.25, -0.2) is 18.0 Å². The summed E-state index contributed by atoms with van der Waals surface area (Å²) in [6.45, 7) is 0. The van der Waals surface area contributed by atoms with Crippen molar-refractivity contribution in [1.29, 1.82) is 0 Å². The summed E-state index contributed by atoms with van der Waals surface area (Å²) in [6.07, 6.45) is -0.474. The van der Waals surface area contributed by atoms with Crippen LogP contribution in [0.15, 0.2) is 53.4 Å². The molecule has 0 fully saturated rings. The second kappa shape index (κ2) is 8.85. The fourth-order valence-corrected chi connectivity index (χ4v) is 3.04. The standard InChI is InChI=1S/C18H17ClN2O6S/c1-20-18(24)21-16(22)15(11-6-4-3-5-7-11)27-17(23)13-10-12(28(2,25)26)8-9-14(13)19/h3-10,15H,1-2H3,(H2,20,21,22,24). The van der Waals surface area contributed by atoms with E-state index in [9.17, 15) is 22.8 Å². The predicted molar refractivity (Wildman–Crippen MR) is 102 cm³/mol. The Balaban J connectivity index is 2.38. The lowest BCUT2D eigenvalue weighted by molar-refractivity contribution is -0.129. The second-order valence-corrected chi connectivity index (χ2v) is 8.10. The molecule has 0 aliphatic rings. The van der Waals surface area contributed by atoms with Crippen molar-refractivity contribution in [2.24, 2.45) is 0 Å². The smallest absolute Gasteiger partial charge is 0.340 e. The van der Waals surface area contributed by atoms with E-state index in [1.807, 2.05) is 5.32 Å². The van der Waals surface area contributed by atoms with Crippen LogP contribution in [0.4, 0.5) is 4.79 Å². The third kappa shape index (κ3) is 5.30. The number of nitrogens with one attached hydrogen (secondary N) is 2. The van der Waals surface area contributed by atoms with E-state index in [1.165, 1.54) is 31.3 Å². The molecular weight excluding hydrogens is 408 g/mol. The molecule has 2 aromatic carbocycles. The number of imide groups is 1. The van der Waals surface area contributed by atoms with Crippen molar-refractivity contribution in [3.8, 4) is 0 Å². The minimum Gasteiger partial charge on any atom is -0.444 e. The highest BCUT2D eigenvalue weighted by molar-refractivity contribution is 7.90. The maximum absolute atomic E-state index is 12.6. The quantitative estimate of drug-likeness (QED) is 0.709. The average Bonchev–Trinajstić information content (AvgIpc) is 2.65. The normalized spacial score (nSPS) is 12.0. The fourth-order valence-electron chi connectivity index (χ4n) is 2.20. The molecule has 0 heterocycles. The van der Waals surface area contributed by atoms with E-state index in [-0.39, 0.29) is 15.5 Å². The van der Waals surface area contributed by atoms with E-state index < -0.39 is 33.8 Å². The number of hydrogen-bond donors (Lipinski definition) is 2. The molecule has 8 nitrogen and oxygen atoms in total. The molecule has 2 aromatic rings. The summed E-state index contributed by atoms with van der Waals surface area (Å²) >= 11 is 6.00. The SMILES string of the molecule is CNC(=O)NC(=O)C(OC(=O)c1cc(S(C)(=O)=O)ccc1Cl)c1ccccc1. The number of amides is 3. The first-order valence-corrected chi connectivity index (χ1v) is 10.2. The number of sulfone groups is 1. The van der Waals surface area contributed by atoms with Crippen LogP contribution in [0, 0.1) is 0 Å². The summed E-state index contributed by atoms with van der Waals surface area (Å²) in [4.78, 5) is 36.3. The lowest BCUT2D eigenvalue weighted by atomic mass is 10.1. The summed E-state index contributed by atoms with van der Waals surface area (Å²) in [7, 11) is -2.27. The minimum atomic E-state index is -3.59. The van der Waals surface area contributed by atoms with Crippen molar-refractivity contribution in [2.45, 2.75) is 11.0 Å². The van der Waals surface area contributed by atoms with Crippen LogP contribution in [0.3, 0.4) is 0 Å². The summed E-state index contributed by atoms with van der Waals surface area (Å²) in [5.41, 5.74) is 0.0888. The summed E-state index contributed by atoms with van der Waals surface area (Å²) in [5.74, 6) is -1.90. The molecule has 0 saturated carbocycles. The predicted octanol–water partition coefficient (Wildman–Crippen LogP) is 2.10. The van der Waals surface area contributed by atoms with Gasteiger partial charge < -0.3 is 10.1 Å². The van der Waals surface area contributed by atoms with E-state index in [0.717, 1.165) is 12.3 Å². The molecule has 0 spiro atoms. The maximum atomic E-state index is 12.6. The van der Waals surface area contributed by atoms with Gasteiger partial charge in [-0.15, -0.1) is 0 Å². The van der Waals surface area contributed by atoms with Crippen LogP contribution in [0.2, 0.25) is 5.02 Å². The third-order valence-corrected chi connectivity index (χ3v) is 5.05. The number of hydrogen-bond acceptors (Lipinski definition) is 6. The molecule has 0 aromatic heterocycles. The molecular formula is C18H17ClN2O6S. The van der Waals surface area contributed by atoms with Crippen molar-refractivity contribution < 1.29 is 27.5 Å². The van der Waals surface area contributed by atoms with Crippen molar-refractivity contribution in [3.05, 3.63) is 64.7 Å². The van der Waals surface area contributed by atoms with Crippen molar-refractivity contribution >= 4 is 39.3 Å².